The van der Waals surface area contributed by atoms with Gasteiger partial charge in [0.2, 0.25) is 0 Å². The topological polar surface area (TPSA) is 37.4 Å². The van der Waals surface area contributed by atoms with Crippen LogP contribution in [0.5, 0.6) is 5.75 Å². The molecule has 4 nitrogen and oxygen atoms in total. The van der Waals surface area contributed by atoms with E-state index < -0.39 is 0 Å². The minimum absolute atomic E-state index is 0.705. The van der Waals surface area contributed by atoms with Gasteiger partial charge in [0.25, 0.3) is 0 Å². The first-order valence-corrected chi connectivity index (χ1v) is 7.66. The maximum Gasteiger partial charge on any atom is 0.186 e. The zero-order valence-corrected chi connectivity index (χ0v) is 12.7. The fourth-order valence-electron chi connectivity index (χ4n) is 2.36. The average molecular weight is 289 g/mol. The number of benzene rings is 1. The van der Waals surface area contributed by atoms with Crippen LogP contribution in [0.3, 0.4) is 0 Å². The van der Waals surface area contributed by atoms with Gasteiger partial charge in [-0.1, -0.05) is 18.2 Å². The Balaban J connectivity index is 1.85. The number of para-hydroxylation sites is 1. The number of nitrogens with one attached hydrogen (secondary N) is 1. The third kappa shape index (κ3) is 2.64. The number of aromatic nitrogens is 1. The molecule has 0 bridgehead atoms. The smallest absolute Gasteiger partial charge is 0.186 e. The Hall–Kier alpha value is -1.59. The second-order valence-electron chi connectivity index (χ2n) is 4.91. The molecule has 5 heteroatoms. The van der Waals surface area contributed by atoms with E-state index in [1.165, 1.54) is 10.4 Å². The predicted molar refractivity (Wildman–Crippen MR) is 82.6 cm³/mol. The fraction of sp³-hybridized carbons (Fsp3) is 0.400. The lowest BCUT2D eigenvalue weighted by molar-refractivity contribution is 0.331. The maximum atomic E-state index is 5.81. The molecule has 1 aromatic heterocycles. The van der Waals surface area contributed by atoms with E-state index in [0.29, 0.717) is 6.61 Å². The van der Waals surface area contributed by atoms with Gasteiger partial charge >= 0.3 is 0 Å². The molecule has 0 atom stereocenters. The third-order valence-corrected chi connectivity index (χ3v) is 4.66. The van der Waals surface area contributed by atoms with Gasteiger partial charge in [0.15, 0.2) is 5.13 Å². The van der Waals surface area contributed by atoms with Crippen LogP contribution >= 0.6 is 11.3 Å². The largest absolute Gasteiger partial charge is 0.491 e. The van der Waals surface area contributed by atoms with Gasteiger partial charge in [-0.25, -0.2) is 4.98 Å². The molecule has 0 saturated heterocycles. The lowest BCUT2D eigenvalue weighted by Gasteiger charge is -2.18. The molecule has 1 N–H and O–H groups in total. The van der Waals surface area contributed by atoms with Crippen LogP contribution in [0, 0.1) is 6.92 Å². The molecule has 0 unspecified atom stereocenters. The van der Waals surface area contributed by atoms with Crippen molar-refractivity contribution in [2.45, 2.75) is 20.0 Å². The van der Waals surface area contributed by atoms with Gasteiger partial charge in [-0.2, -0.15) is 0 Å². The minimum Gasteiger partial charge on any atom is -0.491 e. The number of ether oxygens (including phenoxy) is 1. The van der Waals surface area contributed by atoms with E-state index >= 15 is 0 Å². The highest BCUT2D eigenvalue weighted by Crippen LogP contribution is 2.30. The molecule has 0 fully saturated rings. The van der Waals surface area contributed by atoms with Crippen molar-refractivity contribution in [1.29, 1.82) is 0 Å². The summed E-state index contributed by atoms with van der Waals surface area (Å²) >= 11 is 1.77. The van der Waals surface area contributed by atoms with Crippen LogP contribution in [-0.4, -0.2) is 25.2 Å². The minimum atomic E-state index is 0.705. The Bertz CT molecular complexity index is 597. The van der Waals surface area contributed by atoms with E-state index in [-0.39, 0.29) is 0 Å². The molecule has 1 aromatic carbocycles. The van der Waals surface area contributed by atoms with Gasteiger partial charge in [-0.05, 0) is 20.0 Å². The summed E-state index contributed by atoms with van der Waals surface area (Å²) in [7, 11) is 1.97. The fourth-order valence-corrected chi connectivity index (χ4v) is 3.46. The van der Waals surface area contributed by atoms with Gasteiger partial charge < -0.3 is 15.0 Å². The summed E-state index contributed by atoms with van der Waals surface area (Å²) in [5, 5.41) is 4.29. The molecule has 106 valence electrons. The maximum absolute atomic E-state index is 5.81. The van der Waals surface area contributed by atoms with Crippen molar-refractivity contribution >= 4 is 16.5 Å². The van der Waals surface area contributed by atoms with E-state index in [9.17, 15) is 0 Å². The first-order valence-electron chi connectivity index (χ1n) is 6.84. The number of anilines is 1. The molecule has 0 radical (unpaired) electrons. The van der Waals surface area contributed by atoms with Crippen molar-refractivity contribution in [2.75, 3.05) is 25.1 Å². The van der Waals surface area contributed by atoms with Gasteiger partial charge in [0.1, 0.15) is 12.4 Å². The molecule has 1 aliphatic heterocycles. The molecule has 2 aromatic rings. The van der Waals surface area contributed by atoms with Crippen LogP contribution in [0.2, 0.25) is 0 Å². The summed E-state index contributed by atoms with van der Waals surface area (Å²) in [5.74, 6) is 0.999. The highest BCUT2D eigenvalue weighted by atomic mass is 32.1. The standard InChI is InChI=1S/C15H19N3OS/c1-11-14(9-16-2)20-15(17-11)18-7-8-19-13-6-4-3-5-12(13)10-18/h3-6,16H,7-10H2,1-2H3. The molecule has 0 saturated carbocycles. The van der Waals surface area contributed by atoms with Crippen molar-refractivity contribution in [3.8, 4) is 5.75 Å². The summed E-state index contributed by atoms with van der Waals surface area (Å²) < 4.78 is 5.81. The van der Waals surface area contributed by atoms with Crippen molar-refractivity contribution < 1.29 is 4.74 Å². The summed E-state index contributed by atoms with van der Waals surface area (Å²) in [6.07, 6.45) is 0. The van der Waals surface area contributed by atoms with E-state index in [1.54, 1.807) is 11.3 Å². The van der Waals surface area contributed by atoms with Crippen molar-refractivity contribution in [3.63, 3.8) is 0 Å². The molecule has 3 rings (SSSR count). The van der Waals surface area contributed by atoms with Crippen LogP contribution < -0.4 is 15.0 Å². The first kappa shape index (κ1) is 13.4. The highest BCUT2D eigenvalue weighted by molar-refractivity contribution is 7.15. The molecular weight excluding hydrogens is 270 g/mol. The van der Waals surface area contributed by atoms with Crippen LogP contribution in [0.4, 0.5) is 5.13 Å². The summed E-state index contributed by atoms with van der Waals surface area (Å²) in [5.41, 5.74) is 2.35. The third-order valence-electron chi connectivity index (χ3n) is 3.44. The van der Waals surface area contributed by atoms with Crippen LogP contribution in [0.15, 0.2) is 24.3 Å². The summed E-state index contributed by atoms with van der Waals surface area (Å²) in [4.78, 5) is 8.33. The quantitative estimate of drug-likeness (QED) is 0.942. The molecule has 0 amide bonds. The van der Waals surface area contributed by atoms with E-state index in [0.717, 1.165) is 36.2 Å². The van der Waals surface area contributed by atoms with Gasteiger partial charge in [0, 0.05) is 23.5 Å². The molecular formula is C15H19N3OS. The van der Waals surface area contributed by atoms with Crippen molar-refractivity contribution in [2.24, 2.45) is 0 Å². The van der Waals surface area contributed by atoms with Crippen molar-refractivity contribution in [3.05, 3.63) is 40.4 Å². The normalized spacial score (nSPS) is 14.6. The Labute approximate surface area is 123 Å². The monoisotopic (exact) mass is 289 g/mol. The lowest BCUT2D eigenvalue weighted by atomic mass is 10.2. The first-order chi connectivity index (χ1) is 9.78. The SMILES string of the molecule is CNCc1sc(N2CCOc3ccccc3C2)nc1C. The number of thiazole rings is 1. The molecule has 0 spiro atoms. The van der Waals surface area contributed by atoms with Gasteiger partial charge in [-0.3, -0.25) is 0 Å². The number of hydrogen-bond donors (Lipinski definition) is 1. The molecule has 20 heavy (non-hydrogen) atoms. The van der Waals surface area contributed by atoms with Crippen LogP contribution in [0.25, 0.3) is 0 Å². The zero-order valence-electron chi connectivity index (χ0n) is 11.8. The van der Waals surface area contributed by atoms with E-state index in [2.05, 4.69) is 29.3 Å². The zero-order chi connectivity index (χ0) is 13.9. The lowest BCUT2D eigenvalue weighted by Crippen LogP contribution is -2.25. The summed E-state index contributed by atoms with van der Waals surface area (Å²) in [6, 6.07) is 8.25. The number of aryl methyl sites for hydroxylation is 1. The number of hydrogen-bond acceptors (Lipinski definition) is 5. The van der Waals surface area contributed by atoms with Crippen molar-refractivity contribution in [1.82, 2.24) is 10.3 Å². The average Bonchev–Trinajstić information content (AvgIpc) is 2.70. The number of nitrogens with zero attached hydrogens (tertiary/aromatic N) is 2. The van der Waals surface area contributed by atoms with Crippen LogP contribution in [-0.2, 0) is 13.1 Å². The molecule has 2 heterocycles. The number of rotatable bonds is 3. The van der Waals surface area contributed by atoms with Gasteiger partial charge in [0.05, 0.1) is 12.2 Å². The number of fused-ring (bicyclic) bond motifs is 1. The molecule has 0 aliphatic carbocycles. The van der Waals surface area contributed by atoms with Gasteiger partial charge in [-0.15, -0.1) is 11.3 Å². The van der Waals surface area contributed by atoms with Crippen LogP contribution in [0.1, 0.15) is 16.1 Å². The van der Waals surface area contributed by atoms with E-state index in [1.807, 2.05) is 19.2 Å². The predicted octanol–water partition coefficient (Wildman–Crippen LogP) is 2.57. The molecule has 1 aliphatic rings. The Morgan fingerprint density at radius 2 is 2.25 bits per heavy atom. The second-order valence-corrected chi connectivity index (χ2v) is 5.98. The summed E-state index contributed by atoms with van der Waals surface area (Å²) in [6.45, 7) is 5.40. The Kier molecular flexibility index (Phi) is 3.89. The highest BCUT2D eigenvalue weighted by Gasteiger charge is 2.19. The Morgan fingerprint density at radius 1 is 1.40 bits per heavy atom. The second kappa shape index (κ2) is 5.81. The Morgan fingerprint density at radius 3 is 3.10 bits per heavy atom. The van der Waals surface area contributed by atoms with E-state index in [4.69, 9.17) is 9.72 Å².